The van der Waals surface area contributed by atoms with E-state index >= 15 is 0 Å². The fraction of sp³-hybridized carbons (Fsp3) is 0.917. The van der Waals surface area contributed by atoms with E-state index < -0.39 is 0 Å². The maximum Gasteiger partial charge on any atom is 0.138 e. The molecule has 0 spiro atoms. The van der Waals surface area contributed by atoms with Crippen LogP contribution in [0.3, 0.4) is 0 Å². The number of carbonyl (C=O) groups excluding carboxylic acids is 2. The van der Waals surface area contributed by atoms with Gasteiger partial charge in [0.05, 0.1) is 0 Å². The summed E-state index contributed by atoms with van der Waals surface area (Å²) in [4.78, 5) is 23.4. The van der Waals surface area contributed by atoms with Gasteiger partial charge >= 0.3 is 0 Å². The van der Waals surface area contributed by atoms with Crippen LogP contribution in [0.2, 0.25) is 0 Å². The molecule has 2 nitrogen and oxygen atoms in total. The fourth-order valence-electron chi connectivity index (χ4n) is 5.07. The largest absolute Gasteiger partial charge is 0.299 e. The Balaban J connectivity index is 0.000000260. The van der Waals surface area contributed by atoms with E-state index in [4.69, 9.17) is 0 Å². The second-order valence-corrected chi connectivity index (χ2v) is 10.2. The van der Waals surface area contributed by atoms with Crippen LogP contribution in [0.1, 0.15) is 107 Å². The first-order valence-electron chi connectivity index (χ1n) is 11.1. The zero-order valence-corrected chi connectivity index (χ0v) is 18.8. The monoisotopic (exact) mass is 364 g/mol. The normalized spacial score (nSPS) is 34.1. The summed E-state index contributed by atoms with van der Waals surface area (Å²) in [6.45, 7) is 17.4. The lowest BCUT2D eigenvalue weighted by Gasteiger charge is -2.22. The third-order valence-corrected chi connectivity index (χ3v) is 7.43. The first kappa shape index (κ1) is 23.4. The van der Waals surface area contributed by atoms with Crippen molar-refractivity contribution in [2.75, 3.05) is 0 Å². The number of Topliss-reactive ketones (excluding diaryl/α,β-unsaturated/α-hetero) is 2. The van der Waals surface area contributed by atoms with Crippen molar-refractivity contribution in [3.63, 3.8) is 0 Å². The van der Waals surface area contributed by atoms with Gasteiger partial charge in [-0.1, -0.05) is 55.4 Å². The van der Waals surface area contributed by atoms with Crippen molar-refractivity contribution in [2.45, 2.75) is 107 Å². The smallest absolute Gasteiger partial charge is 0.138 e. The number of carbonyl (C=O) groups is 2. The Kier molecular flexibility index (Phi) is 8.55. The van der Waals surface area contributed by atoms with Gasteiger partial charge in [0.15, 0.2) is 0 Å². The zero-order chi connectivity index (χ0) is 20.1. The standard InChI is InChI=1S/2C12H22O/c2*1-5-11(13)12(4)7-6-10(8-12)9(2)3/h2*9-10H,5-8H2,1-4H3/t10-,12+;10-,12-/m00/s1. The molecule has 4 atom stereocenters. The third-order valence-electron chi connectivity index (χ3n) is 7.43. The zero-order valence-electron chi connectivity index (χ0n) is 18.8. The van der Waals surface area contributed by atoms with Crippen LogP contribution >= 0.6 is 0 Å². The molecule has 2 saturated carbocycles. The van der Waals surface area contributed by atoms with Gasteiger partial charge < -0.3 is 0 Å². The Morgan fingerprint density at radius 1 is 0.769 bits per heavy atom. The molecule has 26 heavy (non-hydrogen) atoms. The van der Waals surface area contributed by atoms with Crippen LogP contribution in [0.15, 0.2) is 0 Å². The van der Waals surface area contributed by atoms with Gasteiger partial charge in [-0.15, -0.1) is 0 Å². The van der Waals surface area contributed by atoms with E-state index in [1.165, 1.54) is 12.8 Å². The van der Waals surface area contributed by atoms with Crippen LogP contribution in [0.25, 0.3) is 0 Å². The van der Waals surface area contributed by atoms with Gasteiger partial charge in [0, 0.05) is 23.7 Å². The molecule has 0 radical (unpaired) electrons. The van der Waals surface area contributed by atoms with Gasteiger partial charge in [-0.3, -0.25) is 9.59 Å². The molecule has 0 bridgehead atoms. The summed E-state index contributed by atoms with van der Waals surface area (Å²) >= 11 is 0. The van der Waals surface area contributed by atoms with Crippen LogP contribution in [-0.4, -0.2) is 11.6 Å². The molecule has 0 heterocycles. The SMILES string of the molecule is CCC(=O)[C@@]1(C)CC[C@H](C(C)C)C1.CCC(=O)[C@]1(C)CC[C@H](C(C)C)C1. The lowest BCUT2D eigenvalue weighted by atomic mass is 9.80. The Morgan fingerprint density at radius 3 is 1.27 bits per heavy atom. The third kappa shape index (κ3) is 5.67. The van der Waals surface area contributed by atoms with Crippen molar-refractivity contribution in [1.82, 2.24) is 0 Å². The van der Waals surface area contributed by atoms with E-state index in [0.717, 1.165) is 49.4 Å². The predicted octanol–water partition coefficient (Wildman–Crippen LogP) is 6.86. The molecule has 0 aromatic carbocycles. The van der Waals surface area contributed by atoms with E-state index in [2.05, 4.69) is 41.5 Å². The van der Waals surface area contributed by atoms with Crippen molar-refractivity contribution < 1.29 is 9.59 Å². The van der Waals surface area contributed by atoms with E-state index in [-0.39, 0.29) is 10.8 Å². The number of hydrogen-bond donors (Lipinski definition) is 0. The highest BCUT2D eigenvalue weighted by Crippen LogP contribution is 2.46. The molecule has 0 aromatic rings. The van der Waals surface area contributed by atoms with E-state index in [9.17, 15) is 9.59 Å². The molecule has 0 aromatic heterocycles. The van der Waals surface area contributed by atoms with Gasteiger partial charge in [0.1, 0.15) is 11.6 Å². The Hall–Kier alpha value is -0.660. The molecule has 0 unspecified atom stereocenters. The van der Waals surface area contributed by atoms with Crippen LogP contribution in [0, 0.1) is 34.5 Å². The molecule has 2 fully saturated rings. The first-order valence-corrected chi connectivity index (χ1v) is 11.1. The molecule has 2 heteroatoms. The molecule has 0 amide bonds. The average Bonchev–Trinajstić information content (AvgIpc) is 3.19. The Bertz CT molecular complexity index is 435. The van der Waals surface area contributed by atoms with E-state index in [1.807, 2.05) is 13.8 Å². The van der Waals surface area contributed by atoms with Gasteiger partial charge in [0.25, 0.3) is 0 Å². The molecular weight excluding hydrogens is 320 g/mol. The molecule has 0 aliphatic heterocycles. The van der Waals surface area contributed by atoms with Gasteiger partial charge in [-0.25, -0.2) is 0 Å². The summed E-state index contributed by atoms with van der Waals surface area (Å²) in [6.07, 6.45) is 8.39. The lowest BCUT2D eigenvalue weighted by molar-refractivity contribution is -0.128. The first-order chi connectivity index (χ1) is 12.0. The molecule has 0 saturated heterocycles. The fourth-order valence-corrected chi connectivity index (χ4v) is 5.07. The lowest BCUT2D eigenvalue weighted by Crippen LogP contribution is -2.24. The summed E-state index contributed by atoms with van der Waals surface area (Å²) in [5.74, 6) is 3.98. The predicted molar refractivity (Wildman–Crippen MR) is 111 cm³/mol. The number of hydrogen-bond acceptors (Lipinski definition) is 2. The van der Waals surface area contributed by atoms with Crippen molar-refractivity contribution in [2.24, 2.45) is 34.5 Å². The maximum atomic E-state index is 11.7. The maximum absolute atomic E-state index is 11.7. The quantitative estimate of drug-likeness (QED) is 0.516. The van der Waals surface area contributed by atoms with Crippen molar-refractivity contribution in [3.05, 3.63) is 0 Å². The number of rotatable bonds is 6. The second-order valence-electron chi connectivity index (χ2n) is 10.2. The van der Waals surface area contributed by atoms with Crippen molar-refractivity contribution in [3.8, 4) is 0 Å². The molecule has 2 aliphatic carbocycles. The molecule has 2 rings (SSSR count). The summed E-state index contributed by atoms with van der Waals surface area (Å²) in [5.41, 5.74) is 0.0351. The van der Waals surface area contributed by atoms with Crippen LogP contribution in [0.4, 0.5) is 0 Å². The Morgan fingerprint density at radius 2 is 1.08 bits per heavy atom. The minimum atomic E-state index is 0.0175. The topological polar surface area (TPSA) is 34.1 Å². The highest BCUT2D eigenvalue weighted by atomic mass is 16.1. The summed E-state index contributed by atoms with van der Waals surface area (Å²) in [5, 5.41) is 0. The summed E-state index contributed by atoms with van der Waals surface area (Å²) in [7, 11) is 0. The second kappa shape index (κ2) is 9.51. The van der Waals surface area contributed by atoms with Crippen LogP contribution in [0.5, 0.6) is 0 Å². The summed E-state index contributed by atoms with van der Waals surface area (Å²) < 4.78 is 0. The van der Waals surface area contributed by atoms with Crippen LogP contribution < -0.4 is 0 Å². The van der Waals surface area contributed by atoms with Crippen molar-refractivity contribution in [1.29, 1.82) is 0 Å². The van der Waals surface area contributed by atoms with Crippen molar-refractivity contribution >= 4 is 11.6 Å². The number of ketones is 2. The van der Waals surface area contributed by atoms with E-state index in [0.29, 0.717) is 24.4 Å². The Labute approximate surface area is 162 Å². The van der Waals surface area contributed by atoms with Gasteiger partial charge in [-0.2, -0.15) is 0 Å². The highest BCUT2D eigenvalue weighted by Gasteiger charge is 2.41. The van der Waals surface area contributed by atoms with Crippen LogP contribution in [-0.2, 0) is 9.59 Å². The minimum absolute atomic E-state index is 0.0175. The van der Waals surface area contributed by atoms with Gasteiger partial charge in [-0.05, 0) is 62.2 Å². The molecule has 152 valence electrons. The molecule has 2 aliphatic rings. The van der Waals surface area contributed by atoms with E-state index in [1.54, 1.807) is 0 Å². The molecule has 0 N–H and O–H groups in total. The summed E-state index contributed by atoms with van der Waals surface area (Å²) in [6, 6.07) is 0. The molecular formula is C24H44O2. The average molecular weight is 365 g/mol. The van der Waals surface area contributed by atoms with Gasteiger partial charge in [0.2, 0.25) is 0 Å². The minimum Gasteiger partial charge on any atom is -0.299 e. The highest BCUT2D eigenvalue weighted by molar-refractivity contribution is 5.84.